The average Bonchev–Trinajstić information content (AvgIpc) is 2.46. The van der Waals surface area contributed by atoms with E-state index in [1.807, 2.05) is 6.92 Å². The van der Waals surface area contributed by atoms with Gasteiger partial charge in [-0.25, -0.2) is 0 Å². The second-order valence-electron chi connectivity index (χ2n) is 5.10. The Morgan fingerprint density at radius 3 is 2.50 bits per heavy atom. The summed E-state index contributed by atoms with van der Waals surface area (Å²) >= 11 is 0. The molecule has 0 bridgehead atoms. The lowest BCUT2D eigenvalue weighted by molar-refractivity contribution is 0.312. The first-order valence-corrected chi connectivity index (χ1v) is 7.71. The zero-order valence-electron chi connectivity index (χ0n) is 12.5. The summed E-state index contributed by atoms with van der Waals surface area (Å²) in [4.78, 5) is 13.0. The number of ether oxygens (including phenoxy) is 1. The molecule has 1 aliphatic rings. The highest BCUT2D eigenvalue weighted by atomic mass is 16.5. The van der Waals surface area contributed by atoms with Crippen LogP contribution in [0, 0.1) is 0 Å². The van der Waals surface area contributed by atoms with Crippen LogP contribution in [0.2, 0.25) is 0 Å². The van der Waals surface area contributed by atoms with Gasteiger partial charge in [0.15, 0.2) is 0 Å². The molecule has 112 valence electrons. The van der Waals surface area contributed by atoms with Crippen LogP contribution >= 0.6 is 0 Å². The standard InChI is InChI=1S/C14H25N5O/c1-3-10-15-12-17-13(19-14(18-12)20-4-2)16-11-8-6-5-7-9-11/h11H,3-10H2,1-2H3,(H2,15,16,17,18,19). The van der Waals surface area contributed by atoms with Crippen LogP contribution in [0.25, 0.3) is 0 Å². The summed E-state index contributed by atoms with van der Waals surface area (Å²) in [6.45, 7) is 5.44. The van der Waals surface area contributed by atoms with Crippen LogP contribution in [0.3, 0.4) is 0 Å². The first kappa shape index (κ1) is 14.8. The molecular weight excluding hydrogens is 254 g/mol. The highest BCUT2D eigenvalue weighted by molar-refractivity contribution is 5.36. The van der Waals surface area contributed by atoms with Gasteiger partial charge in [0.05, 0.1) is 6.61 Å². The van der Waals surface area contributed by atoms with E-state index in [-0.39, 0.29) is 0 Å². The van der Waals surface area contributed by atoms with E-state index in [1.165, 1.54) is 32.1 Å². The van der Waals surface area contributed by atoms with Gasteiger partial charge in [0.1, 0.15) is 0 Å². The smallest absolute Gasteiger partial charge is 0.323 e. The van der Waals surface area contributed by atoms with Crippen LogP contribution in [0.1, 0.15) is 52.4 Å². The highest BCUT2D eigenvalue weighted by Crippen LogP contribution is 2.21. The fourth-order valence-corrected chi connectivity index (χ4v) is 2.36. The average molecular weight is 279 g/mol. The van der Waals surface area contributed by atoms with Crippen molar-refractivity contribution in [3.8, 4) is 6.01 Å². The topological polar surface area (TPSA) is 72.0 Å². The normalized spacial score (nSPS) is 15.9. The first-order chi connectivity index (χ1) is 9.81. The molecule has 0 atom stereocenters. The van der Waals surface area contributed by atoms with Crippen LogP contribution in [-0.4, -0.2) is 34.1 Å². The molecule has 1 fully saturated rings. The van der Waals surface area contributed by atoms with Crippen molar-refractivity contribution in [2.24, 2.45) is 0 Å². The Morgan fingerprint density at radius 2 is 1.80 bits per heavy atom. The van der Waals surface area contributed by atoms with Gasteiger partial charge in [0, 0.05) is 12.6 Å². The number of hydrogen-bond donors (Lipinski definition) is 2. The predicted molar refractivity (Wildman–Crippen MR) is 80.3 cm³/mol. The predicted octanol–water partition coefficient (Wildman–Crippen LogP) is 2.84. The van der Waals surface area contributed by atoms with E-state index in [2.05, 4.69) is 32.5 Å². The van der Waals surface area contributed by atoms with E-state index in [9.17, 15) is 0 Å². The largest absolute Gasteiger partial charge is 0.464 e. The fourth-order valence-electron chi connectivity index (χ4n) is 2.36. The summed E-state index contributed by atoms with van der Waals surface area (Å²) in [6, 6.07) is 0.860. The molecule has 1 saturated carbocycles. The van der Waals surface area contributed by atoms with Crippen LogP contribution in [0.15, 0.2) is 0 Å². The van der Waals surface area contributed by atoms with Crippen molar-refractivity contribution in [1.29, 1.82) is 0 Å². The molecule has 0 saturated heterocycles. The Morgan fingerprint density at radius 1 is 1.05 bits per heavy atom. The number of anilines is 2. The molecule has 0 aliphatic heterocycles. The van der Waals surface area contributed by atoms with Crippen LogP contribution in [0.4, 0.5) is 11.9 Å². The summed E-state index contributed by atoms with van der Waals surface area (Å²) in [5.41, 5.74) is 0. The van der Waals surface area contributed by atoms with Gasteiger partial charge < -0.3 is 15.4 Å². The minimum atomic E-state index is 0.388. The van der Waals surface area contributed by atoms with Gasteiger partial charge in [-0.05, 0) is 26.2 Å². The second kappa shape index (κ2) is 7.87. The fraction of sp³-hybridized carbons (Fsp3) is 0.786. The van der Waals surface area contributed by atoms with Crippen molar-refractivity contribution in [1.82, 2.24) is 15.0 Å². The molecular formula is C14H25N5O. The van der Waals surface area contributed by atoms with E-state index in [0.29, 0.717) is 30.6 Å². The van der Waals surface area contributed by atoms with Gasteiger partial charge in [-0.15, -0.1) is 0 Å². The Labute approximate surface area is 120 Å². The quantitative estimate of drug-likeness (QED) is 0.799. The number of aromatic nitrogens is 3. The minimum absolute atomic E-state index is 0.388. The van der Waals surface area contributed by atoms with E-state index in [4.69, 9.17) is 4.74 Å². The Kier molecular flexibility index (Phi) is 5.83. The van der Waals surface area contributed by atoms with Crippen molar-refractivity contribution >= 4 is 11.9 Å². The monoisotopic (exact) mass is 279 g/mol. The van der Waals surface area contributed by atoms with Crippen molar-refractivity contribution in [3.63, 3.8) is 0 Å². The summed E-state index contributed by atoms with van der Waals surface area (Å²) in [5, 5.41) is 6.60. The van der Waals surface area contributed by atoms with Gasteiger partial charge in [-0.2, -0.15) is 15.0 Å². The maximum absolute atomic E-state index is 5.41. The molecule has 20 heavy (non-hydrogen) atoms. The summed E-state index contributed by atoms with van der Waals surface area (Å²) in [5.74, 6) is 1.21. The molecule has 1 aromatic rings. The molecule has 0 spiro atoms. The lowest BCUT2D eigenvalue weighted by atomic mass is 9.96. The van der Waals surface area contributed by atoms with Gasteiger partial charge in [0.2, 0.25) is 11.9 Å². The van der Waals surface area contributed by atoms with E-state index < -0.39 is 0 Å². The molecule has 0 amide bonds. The van der Waals surface area contributed by atoms with Crippen molar-refractivity contribution in [2.45, 2.75) is 58.4 Å². The van der Waals surface area contributed by atoms with Crippen LogP contribution in [-0.2, 0) is 0 Å². The maximum atomic E-state index is 5.41. The van der Waals surface area contributed by atoms with Crippen molar-refractivity contribution in [2.75, 3.05) is 23.8 Å². The molecule has 6 heteroatoms. The molecule has 1 heterocycles. The van der Waals surface area contributed by atoms with Crippen molar-refractivity contribution in [3.05, 3.63) is 0 Å². The number of rotatable bonds is 7. The summed E-state index contributed by atoms with van der Waals surface area (Å²) in [6.07, 6.45) is 7.30. The zero-order valence-corrected chi connectivity index (χ0v) is 12.5. The maximum Gasteiger partial charge on any atom is 0.323 e. The molecule has 1 aromatic heterocycles. The molecule has 0 radical (unpaired) electrons. The van der Waals surface area contributed by atoms with E-state index >= 15 is 0 Å². The van der Waals surface area contributed by atoms with Gasteiger partial charge in [0.25, 0.3) is 0 Å². The first-order valence-electron chi connectivity index (χ1n) is 7.71. The molecule has 0 unspecified atom stereocenters. The molecule has 2 rings (SSSR count). The number of hydrogen-bond acceptors (Lipinski definition) is 6. The molecule has 2 N–H and O–H groups in total. The molecule has 6 nitrogen and oxygen atoms in total. The third-order valence-electron chi connectivity index (χ3n) is 3.36. The van der Waals surface area contributed by atoms with Crippen LogP contribution in [0.5, 0.6) is 6.01 Å². The van der Waals surface area contributed by atoms with Crippen molar-refractivity contribution < 1.29 is 4.74 Å². The van der Waals surface area contributed by atoms with Gasteiger partial charge in [-0.3, -0.25) is 0 Å². The lowest BCUT2D eigenvalue weighted by Gasteiger charge is -2.22. The summed E-state index contributed by atoms with van der Waals surface area (Å²) < 4.78 is 5.41. The van der Waals surface area contributed by atoms with E-state index in [0.717, 1.165) is 13.0 Å². The number of nitrogens with one attached hydrogen (secondary N) is 2. The molecule has 1 aliphatic carbocycles. The Hall–Kier alpha value is -1.59. The SMILES string of the molecule is CCCNc1nc(NC2CCCCC2)nc(OCC)n1. The second-order valence-corrected chi connectivity index (χ2v) is 5.10. The zero-order chi connectivity index (χ0) is 14.2. The van der Waals surface area contributed by atoms with E-state index in [1.54, 1.807) is 0 Å². The highest BCUT2D eigenvalue weighted by Gasteiger charge is 2.15. The third kappa shape index (κ3) is 4.51. The molecule has 0 aromatic carbocycles. The van der Waals surface area contributed by atoms with Gasteiger partial charge in [-0.1, -0.05) is 26.2 Å². The van der Waals surface area contributed by atoms with Gasteiger partial charge >= 0.3 is 6.01 Å². The number of nitrogens with zero attached hydrogens (tertiary/aromatic N) is 3. The third-order valence-corrected chi connectivity index (χ3v) is 3.36. The van der Waals surface area contributed by atoms with Crippen LogP contribution < -0.4 is 15.4 Å². The Balaban J connectivity index is 2.06. The minimum Gasteiger partial charge on any atom is -0.464 e. The Bertz CT molecular complexity index is 407. The summed E-state index contributed by atoms with van der Waals surface area (Å²) in [7, 11) is 0. The lowest BCUT2D eigenvalue weighted by Crippen LogP contribution is -2.24.